The van der Waals surface area contributed by atoms with Crippen LogP contribution < -0.4 is 19.5 Å². The molecule has 1 atom stereocenters. The molecule has 0 saturated carbocycles. The van der Waals surface area contributed by atoms with Crippen LogP contribution in [-0.2, 0) is 11.3 Å². The van der Waals surface area contributed by atoms with Gasteiger partial charge < -0.3 is 19.5 Å². The Hall–Kier alpha value is -2.80. The van der Waals surface area contributed by atoms with Gasteiger partial charge in [0.25, 0.3) is 0 Å². The Balaban J connectivity index is 1.47. The van der Waals surface area contributed by atoms with Crippen molar-refractivity contribution in [2.45, 2.75) is 25.4 Å². The van der Waals surface area contributed by atoms with Gasteiger partial charge in [0.2, 0.25) is 5.91 Å². The molecular weight excluding hydrogens is 363 g/mol. The number of likely N-dealkylation sites (tertiary alicyclic amines) is 1. The van der Waals surface area contributed by atoms with E-state index in [0.717, 1.165) is 6.54 Å². The van der Waals surface area contributed by atoms with Crippen LogP contribution in [0, 0.1) is 5.82 Å². The zero-order valence-corrected chi connectivity index (χ0v) is 16.0. The molecule has 1 unspecified atom stereocenters. The minimum absolute atomic E-state index is 0.126. The van der Waals surface area contributed by atoms with Gasteiger partial charge in [-0.3, -0.25) is 9.69 Å². The van der Waals surface area contributed by atoms with Gasteiger partial charge in [-0.05, 0) is 31.5 Å². The fraction of sp³-hybridized carbons (Fsp3) is 0.381. The highest BCUT2D eigenvalue weighted by Crippen LogP contribution is 2.36. The smallest absolute Gasteiger partial charge is 0.244 e. The highest BCUT2D eigenvalue weighted by molar-refractivity contribution is 5.98. The van der Waals surface area contributed by atoms with E-state index in [-0.39, 0.29) is 17.5 Å². The second-order valence-corrected chi connectivity index (χ2v) is 7.19. The molecule has 1 fully saturated rings. The summed E-state index contributed by atoms with van der Waals surface area (Å²) in [6.45, 7) is 3.95. The molecule has 2 aliphatic heterocycles. The number of ether oxygens (including phenoxy) is 3. The third kappa shape index (κ3) is 3.26. The first-order chi connectivity index (χ1) is 13.5. The van der Waals surface area contributed by atoms with Gasteiger partial charge in [0.15, 0.2) is 23.1 Å². The highest BCUT2D eigenvalue weighted by Gasteiger charge is 2.47. The van der Waals surface area contributed by atoms with Crippen molar-refractivity contribution in [3.05, 3.63) is 47.8 Å². The van der Waals surface area contributed by atoms with Crippen molar-refractivity contribution >= 4 is 11.6 Å². The molecule has 2 heterocycles. The second-order valence-electron chi connectivity index (χ2n) is 7.19. The number of carbonyl (C=O) groups excluding carboxylic acids is 1. The van der Waals surface area contributed by atoms with Crippen molar-refractivity contribution < 1.29 is 23.4 Å². The lowest BCUT2D eigenvalue weighted by Crippen LogP contribution is -2.63. The van der Waals surface area contributed by atoms with E-state index in [1.807, 2.05) is 11.8 Å². The molecule has 148 valence electrons. The number of carbonyl (C=O) groups is 1. The second kappa shape index (κ2) is 7.31. The predicted molar refractivity (Wildman–Crippen MR) is 102 cm³/mol. The summed E-state index contributed by atoms with van der Waals surface area (Å²) in [7, 11) is 1.44. The van der Waals surface area contributed by atoms with Gasteiger partial charge >= 0.3 is 0 Å². The topological polar surface area (TPSA) is 60.0 Å². The first kappa shape index (κ1) is 18.6. The molecule has 2 aromatic rings. The van der Waals surface area contributed by atoms with Crippen LogP contribution in [0.3, 0.4) is 0 Å². The van der Waals surface area contributed by atoms with E-state index < -0.39 is 5.54 Å². The summed E-state index contributed by atoms with van der Waals surface area (Å²) >= 11 is 0. The van der Waals surface area contributed by atoms with Gasteiger partial charge in [-0.25, -0.2) is 4.39 Å². The van der Waals surface area contributed by atoms with Crippen molar-refractivity contribution in [3.63, 3.8) is 0 Å². The number of methoxy groups -OCH3 is 1. The average Bonchev–Trinajstić information content (AvgIpc) is 2.71. The lowest BCUT2D eigenvalue weighted by Gasteiger charge is -2.49. The van der Waals surface area contributed by atoms with Gasteiger partial charge in [-0.1, -0.05) is 12.1 Å². The van der Waals surface area contributed by atoms with Crippen molar-refractivity contribution in [2.75, 3.05) is 32.2 Å². The van der Waals surface area contributed by atoms with E-state index in [1.165, 1.54) is 7.11 Å². The van der Waals surface area contributed by atoms with E-state index in [2.05, 4.69) is 5.32 Å². The molecule has 0 aliphatic carbocycles. The maximum atomic E-state index is 14.5. The van der Waals surface area contributed by atoms with Crippen LogP contribution in [0.5, 0.6) is 17.2 Å². The van der Waals surface area contributed by atoms with E-state index in [9.17, 15) is 9.18 Å². The van der Waals surface area contributed by atoms with Crippen LogP contribution >= 0.6 is 0 Å². The number of nitrogens with one attached hydrogen (secondary N) is 1. The number of rotatable bonds is 5. The predicted octanol–water partition coefficient (Wildman–Crippen LogP) is 3.21. The quantitative estimate of drug-likeness (QED) is 0.855. The van der Waals surface area contributed by atoms with E-state index in [1.54, 1.807) is 36.4 Å². The minimum Gasteiger partial charge on any atom is -0.494 e. The van der Waals surface area contributed by atoms with Crippen LogP contribution in [0.1, 0.15) is 18.9 Å². The average molecular weight is 386 g/mol. The standard InChI is InChI=1S/C21H23FN2O4/c1-21(8-9-24(21)13-14-4-3-5-17(26-2)19(14)22)20(25)23-15-6-7-16-18(12-15)28-11-10-27-16/h3-7,12H,8-11,13H2,1-2H3,(H,23,25). The van der Waals surface area contributed by atoms with Crippen LogP contribution in [-0.4, -0.2) is 43.2 Å². The summed E-state index contributed by atoms with van der Waals surface area (Å²) in [5.41, 5.74) is 0.454. The molecule has 1 amide bonds. The van der Waals surface area contributed by atoms with Crippen LogP contribution in [0.15, 0.2) is 36.4 Å². The fourth-order valence-corrected chi connectivity index (χ4v) is 3.54. The number of amides is 1. The molecule has 0 bridgehead atoms. The third-order valence-electron chi connectivity index (χ3n) is 5.48. The SMILES string of the molecule is COc1cccc(CN2CCC2(C)C(=O)Nc2ccc3c(c2)OCCO3)c1F. The summed E-state index contributed by atoms with van der Waals surface area (Å²) in [4.78, 5) is 14.9. The molecule has 6 nitrogen and oxygen atoms in total. The summed E-state index contributed by atoms with van der Waals surface area (Å²) in [5.74, 6) is 0.998. The van der Waals surface area contributed by atoms with Crippen LogP contribution in [0.25, 0.3) is 0 Å². The molecule has 2 aliphatic rings. The Kier molecular flexibility index (Phi) is 4.85. The number of nitrogens with zero attached hydrogens (tertiary/aromatic N) is 1. The summed E-state index contributed by atoms with van der Waals surface area (Å²) < 4.78 is 30.6. The first-order valence-corrected chi connectivity index (χ1v) is 9.29. The van der Waals surface area contributed by atoms with Crippen molar-refractivity contribution in [2.24, 2.45) is 0 Å². The number of anilines is 1. The number of fused-ring (bicyclic) bond motifs is 1. The molecule has 1 N–H and O–H groups in total. The Morgan fingerprint density at radius 2 is 2.04 bits per heavy atom. The lowest BCUT2D eigenvalue weighted by molar-refractivity contribution is -0.136. The largest absolute Gasteiger partial charge is 0.494 e. The third-order valence-corrected chi connectivity index (χ3v) is 5.48. The number of halogens is 1. The molecule has 0 spiro atoms. The van der Waals surface area contributed by atoms with Crippen LogP contribution in [0.4, 0.5) is 10.1 Å². The highest BCUT2D eigenvalue weighted by atomic mass is 19.1. The molecule has 28 heavy (non-hydrogen) atoms. The van der Waals surface area contributed by atoms with E-state index in [0.29, 0.717) is 48.9 Å². The van der Waals surface area contributed by atoms with Gasteiger partial charge in [0, 0.05) is 30.4 Å². The summed E-state index contributed by atoms with van der Waals surface area (Å²) in [6.07, 6.45) is 0.703. The van der Waals surface area contributed by atoms with Crippen molar-refractivity contribution in [1.82, 2.24) is 4.90 Å². The maximum Gasteiger partial charge on any atom is 0.244 e. The maximum absolute atomic E-state index is 14.5. The minimum atomic E-state index is -0.706. The number of hydrogen-bond donors (Lipinski definition) is 1. The molecular formula is C21H23FN2O4. The monoisotopic (exact) mass is 386 g/mol. The van der Waals surface area contributed by atoms with Gasteiger partial charge in [-0.2, -0.15) is 0 Å². The number of benzene rings is 2. The Morgan fingerprint density at radius 1 is 1.25 bits per heavy atom. The fourth-order valence-electron chi connectivity index (χ4n) is 3.54. The van der Waals surface area contributed by atoms with Crippen molar-refractivity contribution in [3.8, 4) is 17.2 Å². The molecule has 7 heteroatoms. The van der Waals surface area contributed by atoms with Gasteiger partial charge in [0.1, 0.15) is 13.2 Å². The Bertz CT molecular complexity index is 904. The zero-order chi connectivity index (χ0) is 19.7. The van der Waals surface area contributed by atoms with Gasteiger partial charge in [0.05, 0.1) is 12.6 Å². The Labute approximate surface area is 163 Å². The molecule has 4 rings (SSSR count). The molecule has 1 saturated heterocycles. The normalized spacial score (nSPS) is 21.0. The zero-order valence-electron chi connectivity index (χ0n) is 16.0. The van der Waals surface area contributed by atoms with E-state index >= 15 is 0 Å². The summed E-state index contributed by atoms with van der Waals surface area (Å²) in [6, 6.07) is 10.4. The molecule has 0 aromatic heterocycles. The molecule has 0 radical (unpaired) electrons. The number of hydrogen-bond acceptors (Lipinski definition) is 5. The summed E-state index contributed by atoms with van der Waals surface area (Å²) in [5, 5.41) is 2.95. The van der Waals surface area contributed by atoms with Crippen molar-refractivity contribution in [1.29, 1.82) is 0 Å². The molecule has 2 aromatic carbocycles. The van der Waals surface area contributed by atoms with Gasteiger partial charge in [-0.15, -0.1) is 0 Å². The Morgan fingerprint density at radius 3 is 2.75 bits per heavy atom. The first-order valence-electron chi connectivity index (χ1n) is 9.29. The van der Waals surface area contributed by atoms with E-state index in [4.69, 9.17) is 14.2 Å². The van der Waals surface area contributed by atoms with Crippen LogP contribution in [0.2, 0.25) is 0 Å². The lowest BCUT2D eigenvalue weighted by atomic mass is 9.85.